The van der Waals surface area contributed by atoms with Gasteiger partial charge in [-0.1, -0.05) is 78.2 Å². The lowest BCUT2D eigenvalue weighted by Gasteiger charge is -2.58. The van der Waals surface area contributed by atoms with Gasteiger partial charge in [-0.15, -0.1) is 0 Å². The molecule has 0 saturated heterocycles. The lowest BCUT2D eigenvalue weighted by molar-refractivity contribution is -0.0119. The maximum atomic E-state index is 2.75. The highest BCUT2D eigenvalue weighted by Crippen LogP contribution is 2.65. The summed E-state index contributed by atoms with van der Waals surface area (Å²) >= 11 is 0. The topological polar surface area (TPSA) is 0 Å². The molecule has 0 aromatic rings. The molecule has 0 radical (unpaired) electrons. The van der Waals surface area contributed by atoms with Crippen LogP contribution in [0.4, 0.5) is 0 Å². The zero-order chi connectivity index (χ0) is 20.1. The average molecular weight is 383 g/mol. The van der Waals surface area contributed by atoms with E-state index in [0.717, 1.165) is 41.4 Å². The lowest BCUT2D eigenvalue weighted by Crippen LogP contribution is -2.49. The first-order chi connectivity index (χ1) is 13.3. The Balaban J connectivity index is 1.49. The Labute approximate surface area is 175 Å². The number of hydrogen-bond acceptors (Lipinski definition) is 0. The summed E-state index contributed by atoms with van der Waals surface area (Å²) in [6.07, 6.45) is 20.8. The van der Waals surface area contributed by atoms with E-state index >= 15 is 0 Å². The molecule has 0 heterocycles. The summed E-state index contributed by atoms with van der Waals surface area (Å²) < 4.78 is 0. The molecule has 0 aromatic carbocycles. The Morgan fingerprint density at radius 2 is 1.79 bits per heavy atom. The molecule has 1 unspecified atom stereocenters. The maximum Gasteiger partial charge on any atom is -0.00797 e. The van der Waals surface area contributed by atoms with Gasteiger partial charge in [0.25, 0.3) is 0 Å². The van der Waals surface area contributed by atoms with E-state index in [0.29, 0.717) is 10.8 Å². The highest BCUT2D eigenvalue weighted by atomic mass is 14.6. The van der Waals surface area contributed by atoms with Gasteiger partial charge < -0.3 is 0 Å². The molecule has 2 fully saturated rings. The molecule has 0 aromatic heterocycles. The first kappa shape index (κ1) is 20.7. The molecule has 0 spiro atoms. The third kappa shape index (κ3) is 3.26. The molecular weight excluding hydrogens is 336 g/mol. The molecule has 0 heteroatoms. The molecular formula is C28H46. The predicted molar refractivity (Wildman–Crippen MR) is 122 cm³/mol. The van der Waals surface area contributed by atoms with Crippen LogP contribution in [0.2, 0.25) is 0 Å². The molecule has 4 aliphatic rings. The fraction of sp³-hybridized carbons (Fsp3) is 0.857. The van der Waals surface area contributed by atoms with E-state index < -0.39 is 0 Å². The normalized spacial score (nSPS) is 44.5. The standard InChI is InChI=1S/C28H46/c1-19(2)20(3)10-11-21(4)24-14-15-25-23-13-12-22-9-7-8-17-27(22,5)26(23)16-18-28(24,25)6/h8,15,17,19-24,26H,7,9-14,16,18H2,1-6H3/t20-,21+,22?,23-,24+,26-,27-,28+/m0/s1. The Morgan fingerprint density at radius 1 is 1.00 bits per heavy atom. The number of hydrogen-bond donors (Lipinski definition) is 0. The van der Waals surface area contributed by atoms with Gasteiger partial charge in [0.2, 0.25) is 0 Å². The molecule has 0 aliphatic heterocycles. The first-order valence-corrected chi connectivity index (χ1v) is 12.7. The minimum atomic E-state index is 0.486. The minimum absolute atomic E-state index is 0.486. The van der Waals surface area contributed by atoms with E-state index in [4.69, 9.17) is 0 Å². The van der Waals surface area contributed by atoms with Crippen LogP contribution in [0.25, 0.3) is 0 Å². The second kappa shape index (κ2) is 7.63. The van der Waals surface area contributed by atoms with Gasteiger partial charge in [0.05, 0.1) is 0 Å². The second-order valence-electron chi connectivity index (χ2n) is 12.1. The maximum absolute atomic E-state index is 2.75. The van der Waals surface area contributed by atoms with E-state index in [1.807, 2.05) is 5.57 Å². The molecule has 158 valence electrons. The van der Waals surface area contributed by atoms with E-state index in [1.54, 1.807) is 0 Å². The Bertz CT molecular complexity index is 624. The number of rotatable bonds is 5. The van der Waals surface area contributed by atoms with Gasteiger partial charge in [-0.25, -0.2) is 0 Å². The van der Waals surface area contributed by atoms with Gasteiger partial charge >= 0.3 is 0 Å². The van der Waals surface area contributed by atoms with Crippen molar-refractivity contribution in [2.45, 2.75) is 99.3 Å². The molecule has 4 aliphatic carbocycles. The van der Waals surface area contributed by atoms with Crippen LogP contribution in [0, 0.1) is 52.3 Å². The van der Waals surface area contributed by atoms with Crippen molar-refractivity contribution in [3.63, 3.8) is 0 Å². The van der Waals surface area contributed by atoms with E-state index in [-0.39, 0.29) is 0 Å². The number of allylic oxidation sites excluding steroid dienone is 4. The molecule has 0 nitrogen and oxygen atoms in total. The van der Waals surface area contributed by atoms with Gasteiger partial charge in [-0.05, 0) is 97.2 Å². The third-order valence-corrected chi connectivity index (χ3v) is 10.5. The summed E-state index contributed by atoms with van der Waals surface area (Å²) in [6, 6.07) is 0. The molecule has 28 heavy (non-hydrogen) atoms. The minimum Gasteiger partial charge on any atom is -0.0880 e. The molecule has 8 atom stereocenters. The van der Waals surface area contributed by atoms with Gasteiger partial charge in [0.15, 0.2) is 0 Å². The van der Waals surface area contributed by atoms with Crippen molar-refractivity contribution in [2.75, 3.05) is 0 Å². The lowest BCUT2D eigenvalue weighted by atomic mass is 9.47. The zero-order valence-electron chi connectivity index (χ0n) is 19.6. The molecule has 2 saturated carbocycles. The predicted octanol–water partition coefficient (Wildman–Crippen LogP) is 8.44. The van der Waals surface area contributed by atoms with Crippen molar-refractivity contribution in [3.8, 4) is 0 Å². The highest BCUT2D eigenvalue weighted by molar-refractivity contribution is 5.31. The molecule has 4 rings (SSSR count). The monoisotopic (exact) mass is 382 g/mol. The summed E-state index contributed by atoms with van der Waals surface area (Å²) in [6.45, 7) is 15.1. The van der Waals surface area contributed by atoms with Crippen molar-refractivity contribution < 1.29 is 0 Å². The summed E-state index contributed by atoms with van der Waals surface area (Å²) in [5.74, 6) is 6.22. The Hall–Kier alpha value is -0.520. The third-order valence-electron chi connectivity index (χ3n) is 10.5. The summed E-state index contributed by atoms with van der Waals surface area (Å²) in [7, 11) is 0. The summed E-state index contributed by atoms with van der Waals surface area (Å²) in [5, 5.41) is 0. The molecule has 0 bridgehead atoms. The largest absolute Gasteiger partial charge is 0.0880 e. The van der Waals surface area contributed by atoms with Crippen molar-refractivity contribution in [2.24, 2.45) is 52.3 Å². The summed E-state index contributed by atoms with van der Waals surface area (Å²) in [5.41, 5.74) is 2.90. The van der Waals surface area contributed by atoms with Crippen molar-refractivity contribution in [3.05, 3.63) is 23.8 Å². The quantitative estimate of drug-likeness (QED) is 0.418. The van der Waals surface area contributed by atoms with Gasteiger partial charge in [-0.2, -0.15) is 0 Å². The van der Waals surface area contributed by atoms with E-state index in [1.165, 1.54) is 57.8 Å². The Morgan fingerprint density at radius 3 is 2.54 bits per heavy atom. The van der Waals surface area contributed by atoms with Crippen LogP contribution in [0.5, 0.6) is 0 Å². The van der Waals surface area contributed by atoms with E-state index in [2.05, 4.69) is 59.8 Å². The average Bonchev–Trinajstić information content (AvgIpc) is 3.02. The van der Waals surface area contributed by atoms with Crippen molar-refractivity contribution >= 4 is 0 Å². The molecule has 0 N–H and O–H groups in total. The van der Waals surface area contributed by atoms with Gasteiger partial charge in [0, 0.05) is 0 Å². The fourth-order valence-electron chi connectivity index (χ4n) is 8.11. The number of fused-ring (bicyclic) bond motifs is 5. The van der Waals surface area contributed by atoms with Crippen LogP contribution < -0.4 is 0 Å². The van der Waals surface area contributed by atoms with Crippen LogP contribution in [0.1, 0.15) is 99.3 Å². The second-order valence-corrected chi connectivity index (χ2v) is 12.1. The van der Waals surface area contributed by atoms with Crippen molar-refractivity contribution in [1.82, 2.24) is 0 Å². The van der Waals surface area contributed by atoms with Crippen LogP contribution in [0.15, 0.2) is 23.8 Å². The van der Waals surface area contributed by atoms with Crippen LogP contribution in [-0.4, -0.2) is 0 Å². The van der Waals surface area contributed by atoms with Gasteiger partial charge in [0.1, 0.15) is 0 Å². The zero-order valence-corrected chi connectivity index (χ0v) is 19.6. The first-order valence-electron chi connectivity index (χ1n) is 12.7. The van der Waals surface area contributed by atoms with E-state index in [9.17, 15) is 0 Å². The summed E-state index contributed by atoms with van der Waals surface area (Å²) in [4.78, 5) is 0. The van der Waals surface area contributed by atoms with Crippen LogP contribution in [-0.2, 0) is 0 Å². The van der Waals surface area contributed by atoms with Crippen LogP contribution >= 0.6 is 0 Å². The molecule has 0 amide bonds. The van der Waals surface area contributed by atoms with Crippen molar-refractivity contribution in [1.29, 1.82) is 0 Å². The SMILES string of the molecule is CC(C)[C@@H](C)CC[C@@H](C)[C@H]1CC=C2[C@@H]3CCC4CCC=C[C@]4(C)[C@H]3CC[C@@]21C. The highest BCUT2D eigenvalue weighted by Gasteiger charge is 2.56. The fourth-order valence-corrected chi connectivity index (χ4v) is 8.11. The smallest absolute Gasteiger partial charge is 0.00797 e. The van der Waals surface area contributed by atoms with Crippen LogP contribution in [0.3, 0.4) is 0 Å². The Kier molecular flexibility index (Phi) is 5.65. The van der Waals surface area contributed by atoms with Gasteiger partial charge in [-0.3, -0.25) is 0 Å².